The van der Waals surface area contributed by atoms with Crippen LogP contribution >= 0.6 is 0 Å². The summed E-state index contributed by atoms with van der Waals surface area (Å²) < 4.78 is 5.57. The molecule has 0 radical (unpaired) electrons. The van der Waals surface area contributed by atoms with Crippen molar-refractivity contribution < 1.29 is 19.7 Å². The maximum Gasteiger partial charge on any atom is 0.239 e. The van der Waals surface area contributed by atoms with Gasteiger partial charge < -0.3 is 25.2 Å². The smallest absolute Gasteiger partial charge is 0.239 e. The molecule has 25 heavy (non-hydrogen) atoms. The first-order chi connectivity index (χ1) is 12.1. The number of amides is 1. The highest BCUT2D eigenvalue weighted by atomic mass is 16.5. The van der Waals surface area contributed by atoms with Crippen LogP contribution in [-0.4, -0.2) is 90.0 Å². The van der Waals surface area contributed by atoms with Gasteiger partial charge in [0.1, 0.15) is 18.5 Å². The normalized spacial score (nSPS) is 25.8. The average molecular weight is 349 g/mol. The summed E-state index contributed by atoms with van der Waals surface area (Å²) >= 11 is 0. The lowest BCUT2D eigenvalue weighted by Crippen LogP contribution is -2.54. The number of nitrogens with zero attached hydrogens (tertiary/aromatic N) is 2. The van der Waals surface area contributed by atoms with Gasteiger partial charge in [-0.05, 0) is 18.6 Å². The summed E-state index contributed by atoms with van der Waals surface area (Å²) in [6.45, 7) is 4.07. The van der Waals surface area contributed by atoms with Gasteiger partial charge in [-0.15, -0.1) is 0 Å². The number of β-amino-alcohol motifs (C(OH)–C–C–N with tert-alkyl or cyclic N) is 2. The summed E-state index contributed by atoms with van der Waals surface area (Å²) in [4.78, 5) is 16.4. The van der Waals surface area contributed by atoms with Crippen LogP contribution in [0.3, 0.4) is 0 Å². The predicted molar refractivity (Wildman–Crippen MR) is 93.4 cm³/mol. The molecule has 1 amide bonds. The van der Waals surface area contributed by atoms with Crippen molar-refractivity contribution in [1.82, 2.24) is 15.1 Å². The summed E-state index contributed by atoms with van der Waals surface area (Å²) in [5, 5.41) is 22.8. The van der Waals surface area contributed by atoms with Gasteiger partial charge in [-0.2, -0.15) is 0 Å². The van der Waals surface area contributed by atoms with Crippen LogP contribution in [0.1, 0.15) is 6.42 Å². The average Bonchev–Trinajstić information content (AvgIpc) is 3.07. The number of aliphatic hydroxyl groups excluding tert-OH is 2. The quantitative estimate of drug-likeness (QED) is 0.629. The molecule has 2 aliphatic heterocycles. The lowest BCUT2D eigenvalue weighted by atomic mass is 10.1. The van der Waals surface area contributed by atoms with Crippen molar-refractivity contribution in [2.75, 3.05) is 45.9 Å². The van der Waals surface area contributed by atoms with Crippen molar-refractivity contribution in [3.63, 3.8) is 0 Å². The molecule has 138 valence electrons. The van der Waals surface area contributed by atoms with Crippen LogP contribution in [0.5, 0.6) is 5.75 Å². The first-order valence-corrected chi connectivity index (χ1v) is 8.90. The van der Waals surface area contributed by atoms with Crippen LogP contribution in [0.4, 0.5) is 0 Å². The fraction of sp³-hybridized carbons (Fsp3) is 0.611. The van der Waals surface area contributed by atoms with Crippen LogP contribution in [-0.2, 0) is 4.79 Å². The molecule has 0 spiro atoms. The highest BCUT2D eigenvalue weighted by Crippen LogP contribution is 2.13. The molecule has 7 heteroatoms. The maximum atomic E-state index is 12.4. The van der Waals surface area contributed by atoms with Crippen LogP contribution < -0.4 is 10.1 Å². The van der Waals surface area contributed by atoms with E-state index >= 15 is 0 Å². The zero-order valence-corrected chi connectivity index (χ0v) is 14.4. The second kappa shape index (κ2) is 8.62. The SMILES string of the molecule is O=C(C1CC(O)CN1)N1CCN(CC(O)COc2ccccc2)CC1. The molecule has 2 fully saturated rings. The Hall–Kier alpha value is -1.67. The fourth-order valence-electron chi connectivity index (χ4n) is 3.34. The molecule has 1 aromatic rings. The van der Waals surface area contributed by atoms with Gasteiger partial charge in [0.15, 0.2) is 0 Å². The van der Waals surface area contributed by atoms with E-state index in [-0.39, 0.29) is 18.6 Å². The number of carbonyl (C=O) groups excluding carboxylic acids is 1. The van der Waals surface area contributed by atoms with Crippen LogP contribution in [0.2, 0.25) is 0 Å². The monoisotopic (exact) mass is 349 g/mol. The summed E-state index contributed by atoms with van der Waals surface area (Å²) in [6, 6.07) is 9.19. The lowest BCUT2D eigenvalue weighted by molar-refractivity contribution is -0.135. The number of rotatable bonds is 6. The summed E-state index contributed by atoms with van der Waals surface area (Å²) in [7, 11) is 0. The van der Waals surface area contributed by atoms with Crippen molar-refractivity contribution in [1.29, 1.82) is 0 Å². The third-order valence-corrected chi connectivity index (χ3v) is 4.74. The molecule has 0 aliphatic carbocycles. The third kappa shape index (κ3) is 5.15. The molecular formula is C18H27N3O4. The Bertz CT molecular complexity index is 549. The van der Waals surface area contributed by atoms with E-state index in [2.05, 4.69) is 10.2 Å². The van der Waals surface area contributed by atoms with Gasteiger partial charge >= 0.3 is 0 Å². The first-order valence-electron chi connectivity index (χ1n) is 8.90. The Kier molecular flexibility index (Phi) is 6.25. The van der Waals surface area contributed by atoms with Gasteiger partial charge in [-0.3, -0.25) is 9.69 Å². The van der Waals surface area contributed by atoms with Gasteiger partial charge in [0.2, 0.25) is 5.91 Å². The third-order valence-electron chi connectivity index (χ3n) is 4.74. The van der Waals surface area contributed by atoms with Crippen molar-refractivity contribution >= 4 is 5.91 Å². The van der Waals surface area contributed by atoms with Gasteiger partial charge in [-0.25, -0.2) is 0 Å². The number of nitrogens with one attached hydrogen (secondary N) is 1. The topological polar surface area (TPSA) is 85.3 Å². The van der Waals surface area contributed by atoms with E-state index in [1.165, 1.54) is 0 Å². The number of ether oxygens (including phenoxy) is 1. The minimum atomic E-state index is -0.561. The molecule has 0 bridgehead atoms. The molecule has 2 heterocycles. The van der Waals surface area contributed by atoms with E-state index in [9.17, 15) is 15.0 Å². The molecule has 1 aromatic carbocycles. The number of piperazine rings is 1. The molecule has 3 rings (SSSR count). The van der Waals surface area contributed by atoms with E-state index in [1.54, 1.807) is 0 Å². The Labute approximate surface area is 148 Å². The molecule has 7 nitrogen and oxygen atoms in total. The minimum Gasteiger partial charge on any atom is -0.491 e. The van der Waals surface area contributed by atoms with Crippen molar-refractivity contribution in [3.05, 3.63) is 30.3 Å². The Morgan fingerprint density at radius 1 is 1.24 bits per heavy atom. The molecule has 0 aromatic heterocycles. The van der Waals surface area contributed by atoms with E-state index in [1.807, 2.05) is 35.2 Å². The zero-order valence-electron chi connectivity index (χ0n) is 14.4. The van der Waals surface area contributed by atoms with Gasteiger partial charge in [-0.1, -0.05) is 18.2 Å². The summed E-state index contributed by atoms with van der Waals surface area (Å²) in [6.07, 6.45) is -0.488. The fourth-order valence-corrected chi connectivity index (χ4v) is 3.34. The molecule has 3 unspecified atom stereocenters. The molecule has 2 aliphatic rings. The molecule has 3 atom stereocenters. The second-order valence-corrected chi connectivity index (χ2v) is 6.75. The molecule has 3 N–H and O–H groups in total. The van der Waals surface area contributed by atoms with Gasteiger partial charge in [0, 0.05) is 39.3 Å². The number of carbonyl (C=O) groups is 1. The zero-order chi connectivity index (χ0) is 17.6. The number of para-hydroxylation sites is 1. The van der Waals surface area contributed by atoms with Gasteiger partial charge in [0.25, 0.3) is 0 Å². The van der Waals surface area contributed by atoms with E-state index in [4.69, 9.17) is 4.74 Å². The van der Waals surface area contributed by atoms with Crippen LogP contribution in [0, 0.1) is 0 Å². The minimum absolute atomic E-state index is 0.0733. The van der Waals surface area contributed by atoms with Crippen LogP contribution in [0.15, 0.2) is 30.3 Å². The Morgan fingerprint density at radius 2 is 1.96 bits per heavy atom. The molecular weight excluding hydrogens is 322 g/mol. The second-order valence-electron chi connectivity index (χ2n) is 6.75. The molecule has 2 saturated heterocycles. The van der Waals surface area contributed by atoms with Gasteiger partial charge in [0.05, 0.1) is 12.1 Å². The highest BCUT2D eigenvalue weighted by molar-refractivity contribution is 5.82. The van der Waals surface area contributed by atoms with Crippen molar-refractivity contribution in [3.8, 4) is 5.75 Å². The number of hydrogen-bond donors (Lipinski definition) is 3. The van der Waals surface area contributed by atoms with E-state index in [0.29, 0.717) is 32.6 Å². The molecule has 0 saturated carbocycles. The lowest BCUT2D eigenvalue weighted by Gasteiger charge is -2.36. The first kappa shape index (κ1) is 18.1. The Balaban J connectivity index is 1.36. The standard InChI is InChI=1S/C18H27N3O4/c22-14-10-17(19-11-14)18(24)21-8-6-20(7-9-21)12-15(23)13-25-16-4-2-1-3-5-16/h1-5,14-15,17,19,22-23H,6-13H2. The predicted octanol–water partition coefficient (Wildman–Crippen LogP) is -0.707. The number of hydrogen-bond acceptors (Lipinski definition) is 6. The highest BCUT2D eigenvalue weighted by Gasteiger charge is 2.32. The Morgan fingerprint density at radius 3 is 2.60 bits per heavy atom. The summed E-state index contributed by atoms with van der Waals surface area (Å²) in [5.74, 6) is 0.826. The van der Waals surface area contributed by atoms with Crippen molar-refractivity contribution in [2.24, 2.45) is 0 Å². The van der Waals surface area contributed by atoms with Crippen LogP contribution in [0.25, 0.3) is 0 Å². The largest absolute Gasteiger partial charge is 0.491 e. The maximum absolute atomic E-state index is 12.4. The number of benzene rings is 1. The van der Waals surface area contributed by atoms with Crippen molar-refractivity contribution in [2.45, 2.75) is 24.7 Å². The number of aliphatic hydroxyl groups is 2. The van der Waals surface area contributed by atoms with E-state index in [0.717, 1.165) is 18.8 Å². The summed E-state index contributed by atoms with van der Waals surface area (Å²) in [5.41, 5.74) is 0. The van der Waals surface area contributed by atoms with E-state index < -0.39 is 12.2 Å².